The lowest BCUT2D eigenvalue weighted by molar-refractivity contribution is 0.190. The Morgan fingerprint density at radius 1 is 1.35 bits per heavy atom. The second kappa shape index (κ2) is 6.59. The molecule has 3 nitrogen and oxygen atoms in total. The molecule has 0 radical (unpaired) electrons. The molecular formula is C17H28N2O. The Labute approximate surface area is 122 Å². The van der Waals surface area contributed by atoms with E-state index in [1.165, 1.54) is 24.8 Å². The highest BCUT2D eigenvalue weighted by molar-refractivity contribution is 5.27. The van der Waals surface area contributed by atoms with Crippen molar-refractivity contribution in [2.45, 2.75) is 52.0 Å². The van der Waals surface area contributed by atoms with Gasteiger partial charge in [-0.2, -0.15) is 0 Å². The number of hydrogen-bond donors (Lipinski definition) is 2. The van der Waals surface area contributed by atoms with Crippen LogP contribution in [0, 0.1) is 11.3 Å². The number of hydrogen-bond acceptors (Lipinski definition) is 3. The van der Waals surface area contributed by atoms with Gasteiger partial charge >= 0.3 is 0 Å². The fraction of sp³-hybridized carbons (Fsp3) is 0.647. The molecule has 0 bridgehead atoms. The van der Waals surface area contributed by atoms with Crippen LogP contribution in [0.4, 0.5) is 0 Å². The zero-order valence-corrected chi connectivity index (χ0v) is 13.0. The van der Waals surface area contributed by atoms with Crippen molar-refractivity contribution in [2.24, 2.45) is 17.2 Å². The van der Waals surface area contributed by atoms with Crippen LogP contribution >= 0.6 is 0 Å². The minimum absolute atomic E-state index is 0.412. The van der Waals surface area contributed by atoms with E-state index in [2.05, 4.69) is 31.4 Å². The molecule has 3 N–H and O–H groups in total. The minimum Gasteiger partial charge on any atom is -0.497 e. The highest BCUT2D eigenvalue weighted by Gasteiger charge is 2.38. The predicted molar refractivity (Wildman–Crippen MR) is 83.5 cm³/mol. The lowest BCUT2D eigenvalue weighted by Gasteiger charge is -2.34. The highest BCUT2D eigenvalue weighted by atomic mass is 16.5. The molecule has 3 heteroatoms. The predicted octanol–water partition coefficient (Wildman–Crippen LogP) is 3.29. The summed E-state index contributed by atoms with van der Waals surface area (Å²) in [5, 5.41) is 0. The molecule has 0 saturated heterocycles. The Hall–Kier alpha value is -1.06. The third-order valence-electron chi connectivity index (χ3n) is 4.94. The van der Waals surface area contributed by atoms with Gasteiger partial charge in [0.1, 0.15) is 5.75 Å². The molecule has 1 saturated carbocycles. The minimum atomic E-state index is 0.412. The quantitative estimate of drug-likeness (QED) is 0.619. The van der Waals surface area contributed by atoms with E-state index in [0.717, 1.165) is 18.6 Å². The molecule has 112 valence electrons. The number of nitrogens with one attached hydrogen (secondary N) is 1. The summed E-state index contributed by atoms with van der Waals surface area (Å²) >= 11 is 0. The van der Waals surface area contributed by atoms with Crippen LogP contribution in [0.3, 0.4) is 0 Å². The molecular weight excluding hydrogens is 248 g/mol. The molecule has 1 aliphatic carbocycles. The van der Waals surface area contributed by atoms with Gasteiger partial charge in [-0.25, -0.2) is 0 Å². The summed E-state index contributed by atoms with van der Waals surface area (Å²) in [5.41, 5.74) is 4.83. The van der Waals surface area contributed by atoms with E-state index in [1.807, 2.05) is 12.1 Å². The van der Waals surface area contributed by atoms with Crippen molar-refractivity contribution in [1.82, 2.24) is 5.43 Å². The second-order valence-electron chi connectivity index (χ2n) is 6.65. The highest BCUT2D eigenvalue weighted by Crippen LogP contribution is 2.45. The Morgan fingerprint density at radius 3 is 2.55 bits per heavy atom. The Morgan fingerprint density at radius 2 is 2.05 bits per heavy atom. The number of hydrazine groups is 1. The molecule has 1 fully saturated rings. The summed E-state index contributed by atoms with van der Waals surface area (Å²) in [6.07, 6.45) is 6.10. The van der Waals surface area contributed by atoms with Gasteiger partial charge in [0.25, 0.3) is 0 Å². The van der Waals surface area contributed by atoms with Crippen molar-refractivity contribution in [2.75, 3.05) is 7.11 Å². The number of nitrogens with two attached hydrogens (primary N) is 1. The first-order valence-corrected chi connectivity index (χ1v) is 7.66. The third kappa shape index (κ3) is 3.53. The van der Waals surface area contributed by atoms with Gasteiger partial charge < -0.3 is 4.74 Å². The van der Waals surface area contributed by atoms with Gasteiger partial charge in [-0.1, -0.05) is 32.4 Å². The summed E-state index contributed by atoms with van der Waals surface area (Å²) in [7, 11) is 1.70. The smallest absolute Gasteiger partial charge is 0.118 e. The molecule has 1 aromatic rings. The summed E-state index contributed by atoms with van der Waals surface area (Å²) in [4.78, 5) is 0. The van der Waals surface area contributed by atoms with Gasteiger partial charge in [0, 0.05) is 6.04 Å². The fourth-order valence-corrected chi connectivity index (χ4v) is 3.61. The lowest BCUT2D eigenvalue weighted by Crippen LogP contribution is -2.44. The molecule has 1 aliphatic rings. The molecule has 1 aromatic carbocycles. The standard InChI is InChI=1S/C17H28N2O/c1-17(2)12-4-5-15(17)16(19-18)11-8-13-6-9-14(20-3)10-7-13/h6-7,9-10,15-16,19H,4-5,8,11-12,18H2,1-3H3. The van der Waals surface area contributed by atoms with E-state index >= 15 is 0 Å². The van der Waals surface area contributed by atoms with Crippen LogP contribution in [0.25, 0.3) is 0 Å². The van der Waals surface area contributed by atoms with Crippen molar-refractivity contribution in [3.8, 4) is 5.75 Å². The number of benzene rings is 1. The lowest BCUT2D eigenvalue weighted by atomic mass is 9.76. The van der Waals surface area contributed by atoms with Gasteiger partial charge in [-0.05, 0) is 54.7 Å². The zero-order chi connectivity index (χ0) is 14.6. The zero-order valence-electron chi connectivity index (χ0n) is 13.0. The van der Waals surface area contributed by atoms with Crippen LogP contribution in [0.15, 0.2) is 24.3 Å². The van der Waals surface area contributed by atoms with E-state index in [-0.39, 0.29) is 0 Å². The monoisotopic (exact) mass is 276 g/mol. The number of ether oxygens (including phenoxy) is 1. The van der Waals surface area contributed by atoms with Gasteiger partial charge in [-0.3, -0.25) is 11.3 Å². The average molecular weight is 276 g/mol. The molecule has 0 aliphatic heterocycles. The first-order chi connectivity index (χ1) is 9.56. The fourth-order valence-electron chi connectivity index (χ4n) is 3.61. The maximum atomic E-state index is 5.81. The molecule has 0 aromatic heterocycles. The molecule has 0 spiro atoms. The number of rotatable bonds is 6. The maximum absolute atomic E-state index is 5.81. The van der Waals surface area contributed by atoms with Gasteiger partial charge in [0.2, 0.25) is 0 Å². The molecule has 2 rings (SSSR count). The van der Waals surface area contributed by atoms with E-state index in [1.54, 1.807) is 7.11 Å². The molecule has 2 unspecified atom stereocenters. The Balaban J connectivity index is 1.93. The van der Waals surface area contributed by atoms with Gasteiger partial charge in [0.15, 0.2) is 0 Å². The van der Waals surface area contributed by atoms with Crippen LogP contribution in [0.1, 0.15) is 45.1 Å². The van der Waals surface area contributed by atoms with Crippen molar-refractivity contribution in [3.05, 3.63) is 29.8 Å². The summed E-state index contributed by atoms with van der Waals surface area (Å²) in [6.45, 7) is 4.75. The van der Waals surface area contributed by atoms with Crippen LogP contribution in [-0.4, -0.2) is 13.2 Å². The Bertz CT molecular complexity index is 414. The van der Waals surface area contributed by atoms with E-state index in [0.29, 0.717) is 17.4 Å². The molecule has 20 heavy (non-hydrogen) atoms. The largest absolute Gasteiger partial charge is 0.497 e. The van der Waals surface area contributed by atoms with Gasteiger partial charge in [-0.15, -0.1) is 0 Å². The van der Waals surface area contributed by atoms with Crippen LogP contribution in [-0.2, 0) is 6.42 Å². The molecule has 0 heterocycles. The summed E-state index contributed by atoms with van der Waals surface area (Å²) in [6, 6.07) is 8.76. The van der Waals surface area contributed by atoms with E-state index in [4.69, 9.17) is 10.6 Å². The number of methoxy groups -OCH3 is 1. The average Bonchev–Trinajstić information content (AvgIpc) is 2.80. The van der Waals surface area contributed by atoms with Crippen LogP contribution in [0.2, 0.25) is 0 Å². The molecule has 0 amide bonds. The SMILES string of the molecule is COc1ccc(CCC(NN)C2CCCC2(C)C)cc1. The van der Waals surface area contributed by atoms with Gasteiger partial charge in [0.05, 0.1) is 7.11 Å². The van der Waals surface area contributed by atoms with E-state index in [9.17, 15) is 0 Å². The number of aryl methyl sites for hydroxylation is 1. The van der Waals surface area contributed by atoms with Crippen molar-refractivity contribution in [3.63, 3.8) is 0 Å². The van der Waals surface area contributed by atoms with Crippen molar-refractivity contribution >= 4 is 0 Å². The molecule has 2 atom stereocenters. The summed E-state index contributed by atoms with van der Waals surface area (Å²) < 4.78 is 5.19. The topological polar surface area (TPSA) is 47.3 Å². The Kier molecular flexibility index (Phi) is 5.06. The first kappa shape index (κ1) is 15.3. The third-order valence-corrected chi connectivity index (χ3v) is 4.94. The van der Waals surface area contributed by atoms with E-state index < -0.39 is 0 Å². The normalized spacial score (nSPS) is 22.7. The first-order valence-electron chi connectivity index (χ1n) is 7.66. The maximum Gasteiger partial charge on any atom is 0.118 e. The summed E-state index contributed by atoms with van der Waals surface area (Å²) in [5.74, 6) is 7.42. The van der Waals surface area contributed by atoms with Crippen molar-refractivity contribution < 1.29 is 4.74 Å². The van der Waals surface area contributed by atoms with Crippen LogP contribution in [0.5, 0.6) is 5.75 Å². The van der Waals surface area contributed by atoms with Crippen molar-refractivity contribution in [1.29, 1.82) is 0 Å². The second-order valence-corrected chi connectivity index (χ2v) is 6.65. The van der Waals surface area contributed by atoms with Crippen LogP contribution < -0.4 is 16.0 Å².